The molecule has 1 aromatic carbocycles. The van der Waals surface area contributed by atoms with Gasteiger partial charge in [0.05, 0.1) is 5.56 Å². The van der Waals surface area contributed by atoms with Crippen LogP contribution in [0.15, 0.2) is 12.1 Å². The highest BCUT2D eigenvalue weighted by Crippen LogP contribution is 2.29. The number of rotatable bonds is 3. The third-order valence-corrected chi connectivity index (χ3v) is 1.97. The molecule has 0 aromatic heterocycles. The topological polar surface area (TPSA) is 86.6 Å². The first kappa shape index (κ1) is 13.0. The van der Waals surface area contributed by atoms with Gasteiger partial charge in [0.15, 0.2) is 17.3 Å². The molecular formula is C11H12FNO4. The number of Topliss-reactive ketones (excluding diaryl/α,β-unsaturated/α-hetero) is 1. The molecule has 6 heteroatoms. The van der Waals surface area contributed by atoms with Crippen molar-refractivity contribution in [2.24, 2.45) is 0 Å². The Hall–Kier alpha value is -2.11. The lowest BCUT2D eigenvalue weighted by atomic mass is 10.1. The van der Waals surface area contributed by atoms with E-state index >= 15 is 0 Å². The maximum absolute atomic E-state index is 13.4. The number of hydrogen-bond acceptors (Lipinski definition) is 4. The third kappa shape index (κ3) is 2.72. The minimum Gasteiger partial charge on any atom is -0.504 e. The molecule has 0 fully saturated rings. The lowest BCUT2D eigenvalue weighted by Crippen LogP contribution is -2.36. The van der Waals surface area contributed by atoms with Crippen molar-refractivity contribution in [2.45, 2.75) is 19.9 Å². The van der Waals surface area contributed by atoms with Crippen molar-refractivity contribution in [1.29, 1.82) is 0 Å². The molecule has 1 rings (SSSR count). The zero-order chi connectivity index (χ0) is 13.2. The van der Waals surface area contributed by atoms with Crippen LogP contribution < -0.4 is 5.32 Å². The summed E-state index contributed by atoms with van der Waals surface area (Å²) in [6, 6.07) is 1.61. The Balaban J connectivity index is 3.05. The molecule has 1 amide bonds. The zero-order valence-electron chi connectivity index (χ0n) is 9.32. The van der Waals surface area contributed by atoms with Gasteiger partial charge in [-0.3, -0.25) is 9.59 Å². The van der Waals surface area contributed by atoms with Gasteiger partial charge in [0.1, 0.15) is 0 Å². The molecule has 0 unspecified atom stereocenters. The number of ketones is 1. The first-order valence-corrected chi connectivity index (χ1v) is 4.90. The molecule has 0 atom stereocenters. The van der Waals surface area contributed by atoms with Crippen molar-refractivity contribution in [2.75, 3.05) is 0 Å². The van der Waals surface area contributed by atoms with Crippen LogP contribution >= 0.6 is 0 Å². The summed E-state index contributed by atoms with van der Waals surface area (Å²) in [7, 11) is 0. The van der Waals surface area contributed by atoms with Gasteiger partial charge in [-0.1, -0.05) is 0 Å². The molecule has 0 saturated carbocycles. The molecule has 0 aliphatic rings. The van der Waals surface area contributed by atoms with Crippen molar-refractivity contribution in [3.63, 3.8) is 0 Å². The van der Waals surface area contributed by atoms with Crippen LogP contribution in [0.2, 0.25) is 0 Å². The Bertz CT molecular complexity index is 471. The third-order valence-electron chi connectivity index (χ3n) is 1.97. The molecule has 0 bridgehead atoms. The maximum atomic E-state index is 13.4. The molecule has 0 radical (unpaired) electrons. The molecule has 0 spiro atoms. The van der Waals surface area contributed by atoms with Gasteiger partial charge in [-0.25, -0.2) is 4.39 Å². The number of benzene rings is 1. The lowest BCUT2D eigenvalue weighted by Gasteiger charge is -2.08. The Morgan fingerprint density at radius 2 is 1.88 bits per heavy atom. The number of phenolic OH excluding ortho intramolecular Hbond substituents is 2. The van der Waals surface area contributed by atoms with E-state index in [2.05, 4.69) is 5.32 Å². The van der Waals surface area contributed by atoms with Crippen LogP contribution in [0.3, 0.4) is 0 Å². The minimum atomic E-state index is -1.31. The fraction of sp³-hybridized carbons (Fsp3) is 0.273. The van der Waals surface area contributed by atoms with Gasteiger partial charge in [0, 0.05) is 6.04 Å². The van der Waals surface area contributed by atoms with Crippen LogP contribution in [0.4, 0.5) is 4.39 Å². The quantitative estimate of drug-likeness (QED) is 0.417. The van der Waals surface area contributed by atoms with Crippen LogP contribution in [0.1, 0.15) is 24.2 Å². The molecule has 5 nitrogen and oxygen atoms in total. The standard InChI is InChI=1S/C11H12FNO4/c1-5(2)13-11(17)9(15)6-3-4-7(14)10(16)8(6)12/h3-5,14,16H,1-2H3,(H,13,17). The monoisotopic (exact) mass is 241 g/mol. The largest absolute Gasteiger partial charge is 0.504 e. The van der Waals surface area contributed by atoms with Gasteiger partial charge in [-0.15, -0.1) is 0 Å². The first-order chi connectivity index (χ1) is 7.84. The number of aromatic hydroxyl groups is 2. The smallest absolute Gasteiger partial charge is 0.292 e. The number of carbonyl (C=O) groups excluding carboxylic acids is 2. The van der Waals surface area contributed by atoms with Gasteiger partial charge in [-0.2, -0.15) is 0 Å². The minimum absolute atomic E-state index is 0.264. The Morgan fingerprint density at radius 3 is 2.41 bits per heavy atom. The molecule has 0 saturated heterocycles. The fourth-order valence-corrected chi connectivity index (χ4v) is 1.18. The summed E-state index contributed by atoms with van der Waals surface area (Å²) in [5.74, 6) is -5.12. The predicted octanol–water partition coefficient (Wildman–Crippen LogP) is 0.944. The van der Waals surface area contributed by atoms with E-state index in [0.717, 1.165) is 12.1 Å². The number of nitrogens with one attached hydrogen (secondary N) is 1. The highest BCUT2D eigenvalue weighted by atomic mass is 19.1. The van der Waals surface area contributed by atoms with Gasteiger partial charge >= 0.3 is 0 Å². The van der Waals surface area contributed by atoms with Crippen LogP contribution in [0, 0.1) is 5.82 Å². The van der Waals surface area contributed by atoms with E-state index in [0.29, 0.717) is 0 Å². The first-order valence-electron chi connectivity index (χ1n) is 4.90. The van der Waals surface area contributed by atoms with Crippen molar-refractivity contribution in [3.8, 4) is 11.5 Å². The highest BCUT2D eigenvalue weighted by molar-refractivity contribution is 6.43. The molecule has 1 aromatic rings. The molecule has 0 heterocycles. The van der Waals surface area contributed by atoms with E-state index in [9.17, 15) is 14.0 Å². The molecular weight excluding hydrogens is 229 g/mol. The fourth-order valence-electron chi connectivity index (χ4n) is 1.18. The molecule has 3 N–H and O–H groups in total. The molecule has 0 aliphatic carbocycles. The van der Waals surface area contributed by atoms with E-state index in [1.165, 1.54) is 0 Å². The normalized spacial score (nSPS) is 10.4. The second kappa shape index (κ2) is 4.82. The number of halogens is 1. The van der Waals surface area contributed by atoms with Crippen LogP contribution in [-0.2, 0) is 4.79 Å². The Morgan fingerprint density at radius 1 is 1.29 bits per heavy atom. The van der Waals surface area contributed by atoms with Crippen LogP contribution in [0.25, 0.3) is 0 Å². The number of hydrogen-bond donors (Lipinski definition) is 3. The summed E-state index contributed by atoms with van der Waals surface area (Å²) < 4.78 is 13.4. The lowest BCUT2D eigenvalue weighted by molar-refractivity contribution is -0.117. The number of phenols is 2. The van der Waals surface area contributed by atoms with E-state index in [4.69, 9.17) is 10.2 Å². The predicted molar refractivity (Wildman–Crippen MR) is 57.3 cm³/mol. The van der Waals surface area contributed by atoms with Crippen molar-refractivity contribution in [3.05, 3.63) is 23.5 Å². The van der Waals surface area contributed by atoms with Gasteiger partial charge in [-0.05, 0) is 26.0 Å². The maximum Gasteiger partial charge on any atom is 0.292 e. The Labute approximate surface area is 96.9 Å². The summed E-state index contributed by atoms with van der Waals surface area (Å²) in [6.07, 6.45) is 0. The summed E-state index contributed by atoms with van der Waals surface area (Å²) in [5, 5.41) is 20.4. The van der Waals surface area contributed by atoms with Gasteiger partial charge in [0.2, 0.25) is 0 Å². The van der Waals surface area contributed by atoms with Crippen molar-refractivity contribution in [1.82, 2.24) is 5.32 Å². The average molecular weight is 241 g/mol. The van der Waals surface area contributed by atoms with Crippen molar-refractivity contribution >= 4 is 11.7 Å². The number of carbonyl (C=O) groups is 2. The van der Waals surface area contributed by atoms with E-state index in [1.807, 2.05) is 0 Å². The van der Waals surface area contributed by atoms with Gasteiger partial charge < -0.3 is 15.5 Å². The summed E-state index contributed by atoms with van der Waals surface area (Å²) in [4.78, 5) is 22.9. The van der Waals surface area contributed by atoms with Crippen molar-refractivity contribution < 1.29 is 24.2 Å². The van der Waals surface area contributed by atoms with E-state index in [-0.39, 0.29) is 6.04 Å². The van der Waals surface area contributed by atoms with Crippen LogP contribution in [0.5, 0.6) is 11.5 Å². The SMILES string of the molecule is CC(C)NC(=O)C(=O)c1ccc(O)c(O)c1F. The van der Waals surface area contributed by atoms with Crippen LogP contribution in [-0.4, -0.2) is 27.9 Å². The average Bonchev–Trinajstić information content (AvgIpc) is 2.24. The van der Waals surface area contributed by atoms with Gasteiger partial charge in [0.25, 0.3) is 11.7 Å². The second-order valence-corrected chi connectivity index (χ2v) is 3.75. The Kier molecular flexibility index (Phi) is 3.67. The zero-order valence-corrected chi connectivity index (χ0v) is 9.32. The summed E-state index contributed by atoms with van der Waals surface area (Å²) in [6.45, 7) is 3.30. The molecule has 17 heavy (non-hydrogen) atoms. The number of amides is 1. The summed E-state index contributed by atoms with van der Waals surface area (Å²) >= 11 is 0. The highest BCUT2D eigenvalue weighted by Gasteiger charge is 2.23. The molecule has 0 aliphatic heterocycles. The van der Waals surface area contributed by atoms with E-state index < -0.39 is 34.6 Å². The molecule has 92 valence electrons. The summed E-state index contributed by atoms with van der Waals surface area (Å²) in [5.41, 5.74) is -0.585. The second-order valence-electron chi connectivity index (χ2n) is 3.75. The van der Waals surface area contributed by atoms with E-state index in [1.54, 1.807) is 13.8 Å².